The van der Waals surface area contributed by atoms with Crippen molar-refractivity contribution in [2.45, 2.75) is 44.8 Å². The van der Waals surface area contributed by atoms with Crippen molar-refractivity contribution in [3.05, 3.63) is 29.6 Å². The van der Waals surface area contributed by atoms with Gasteiger partial charge in [0.15, 0.2) is 11.6 Å². The Labute approximate surface area is 120 Å². The molecule has 0 atom stereocenters. The number of rotatable bonds is 4. The lowest BCUT2D eigenvalue weighted by molar-refractivity contribution is -0.0277. The number of methoxy groups -OCH3 is 1. The maximum atomic E-state index is 14.2. The Morgan fingerprint density at radius 3 is 2.55 bits per heavy atom. The number of ether oxygens (including phenoxy) is 1. The molecule has 3 nitrogen and oxygen atoms in total. The van der Waals surface area contributed by atoms with Gasteiger partial charge < -0.3 is 14.7 Å². The predicted molar refractivity (Wildman–Crippen MR) is 77.5 cm³/mol. The van der Waals surface area contributed by atoms with Gasteiger partial charge in [-0.15, -0.1) is 0 Å². The molecule has 0 bridgehead atoms. The van der Waals surface area contributed by atoms with Gasteiger partial charge in [-0.25, -0.2) is 4.39 Å². The van der Waals surface area contributed by atoms with Crippen LogP contribution in [0.4, 0.5) is 4.39 Å². The summed E-state index contributed by atoms with van der Waals surface area (Å²) < 4.78 is 19.1. The molecule has 1 aromatic carbocycles. The SMILES string of the molecule is COc1cccc(CC2(O)CCN(C(C)C)CC2)c1F. The van der Waals surface area contributed by atoms with Crippen LogP contribution in [0.25, 0.3) is 0 Å². The molecular formula is C16H24FNO2. The lowest BCUT2D eigenvalue weighted by Gasteiger charge is -2.40. The molecule has 0 spiro atoms. The molecule has 1 saturated heterocycles. The van der Waals surface area contributed by atoms with Crippen LogP contribution in [0.5, 0.6) is 5.75 Å². The highest BCUT2D eigenvalue weighted by Crippen LogP contribution is 2.30. The monoisotopic (exact) mass is 281 g/mol. The van der Waals surface area contributed by atoms with Gasteiger partial charge in [-0.2, -0.15) is 0 Å². The topological polar surface area (TPSA) is 32.7 Å². The summed E-state index contributed by atoms with van der Waals surface area (Å²) in [5.74, 6) is -0.111. The normalized spacial score (nSPS) is 19.3. The smallest absolute Gasteiger partial charge is 0.168 e. The van der Waals surface area contributed by atoms with Gasteiger partial charge in [0.1, 0.15) is 0 Å². The van der Waals surface area contributed by atoms with Crippen molar-refractivity contribution < 1.29 is 14.2 Å². The average molecular weight is 281 g/mol. The van der Waals surface area contributed by atoms with Gasteiger partial charge in [0, 0.05) is 25.6 Å². The van der Waals surface area contributed by atoms with Gasteiger partial charge in [0.05, 0.1) is 12.7 Å². The maximum Gasteiger partial charge on any atom is 0.168 e. The second kappa shape index (κ2) is 6.10. The maximum absolute atomic E-state index is 14.2. The molecule has 0 aromatic heterocycles. The summed E-state index contributed by atoms with van der Waals surface area (Å²) in [5.41, 5.74) is -0.275. The minimum Gasteiger partial charge on any atom is -0.494 e. The van der Waals surface area contributed by atoms with Crippen molar-refractivity contribution in [1.29, 1.82) is 0 Å². The molecular weight excluding hydrogens is 257 g/mol. The third kappa shape index (κ3) is 3.30. The second-order valence-electron chi connectivity index (χ2n) is 5.96. The van der Waals surface area contributed by atoms with Crippen molar-refractivity contribution >= 4 is 0 Å². The second-order valence-corrected chi connectivity index (χ2v) is 5.96. The third-order valence-corrected chi connectivity index (χ3v) is 4.24. The molecule has 0 saturated carbocycles. The summed E-state index contributed by atoms with van der Waals surface area (Å²) in [7, 11) is 1.46. The van der Waals surface area contributed by atoms with E-state index in [0.29, 0.717) is 30.9 Å². The minimum absolute atomic E-state index is 0.241. The van der Waals surface area contributed by atoms with Gasteiger partial charge >= 0.3 is 0 Å². The fourth-order valence-electron chi connectivity index (χ4n) is 2.84. The summed E-state index contributed by atoms with van der Waals surface area (Å²) in [5, 5.41) is 10.7. The molecule has 1 aliphatic heterocycles. The minimum atomic E-state index is -0.807. The summed E-state index contributed by atoms with van der Waals surface area (Å²) in [6, 6.07) is 5.59. The molecule has 1 fully saturated rings. The van der Waals surface area contributed by atoms with Crippen molar-refractivity contribution in [3.63, 3.8) is 0 Å². The molecule has 0 aliphatic carbocycles. The van der Waals surface area contributed by atoms with E-state index in [4.69, 9.17) is 4.74 Å². The van der Waals surface area contributed by atoms with E-state index in [1.165, 1.54) is 7.11 Å². The molecule has 2 rings (SSSR count). The van der Waals surface area contributed by atoms with Crippen molar-refractivity contribution in [2.75, 3.05) is 20.2 Å². The van der Waals surface area contributed by atoms with Crippen molar-refractivity contribution in [1.82, 2.24) is 4.90 Å². The van der Waals surface area contributed by atoms with Crippen LogP contribution in [-0.4, -0.2) is 41.8 Å². The fraction of sp³-hybridized carbons (Fsp3) is 0.625. The van der Waals surface area contributed by atoms with Crippen LogP contribution in [0.1, 0.15) is 32.3 Å². The van der Waals surface area contributed by atoms with Gasteiger partial charge in [-0.3, -0.25) is 0 Å². The first-order valence-electron chi connectivity index (χ1n) is 7.23. The van der Waals surface area contributed by atoms with Crippen LogP contribution in [0.3, 0.4) is 0 Å². The van der Waals surface area contributed by atoms with E-state index >= 15 is 0 Å². The average Bonchev–Trinajstić information content (AvgIpc) is 2.41. The van der Waals surface area contributed by atoms with Crippen LogP contribution < -0.4 is 4.74 Å². The Morgan fingerprint density at radius 1 is 1.35 bits per heavy atom. The van der Waals surface area contributed by atoms with E-state index in [2.05, 4.69) is 18.7 Å². The van der Waals surface area contributed by atoms with Crippen LogP contribution >= 0.6 is 0 Å². The molecule has 1 N–H and O–H groups in total. The molecule has 112 valence electrons. The zero-order valence-electron chi connectivity index (χ0n) is 12.5. The van der Waals surface area contributed by atoms with Crippen LogP contribution in [0.2, 0.25) is 0 Å². The number of nitrogens with zero attached hydrogens (tertiary/aromatic N) is 1. The number of hydrogen-bond acceptors (Lipinski definition) is 3. The third-order valence-electron chi connectivity index (χ3n) is 4.24. The van der Waals surface area contributed by atoms with Gasteiger partial charge in [0.2, 0.25) is 0 Å². The lowest BCUT2D eigenvalue weighted by atomic mass is 9.85. The van der Waals surface area contributed by atoms with E-state index in [1.807, 2.05) is 0 Å². The summed E-state index contributed by atoms with van der Waals surface area (Å²) in [4.78, 5) is 2.34. The largest absolute Gasteiger partial charge is 0.494 e. The molecule has 0 unspecified atom stereocenters. The molecule has 1 aliphatic rings. The molecule has 4 heteroatoms. The molecule has 0 radical (unpaired) electrons. The van der Waals surface area contributed by atoms with Crippen LogP contribution in [-0.2, 0) is 6.42 Å². The van der Waals surface area contributed by atoms with Crippen LogP contribution in [0.15, 0.2) is 18.2 Å². The zero-order valence-corrected chi connectivity index (χ0v) is 12.5. The van der Waals surface area contributed by atoms with E-state index in [1.54, 1.807) is 18.2 Å². The van der Waals surface area contributed by atoms with E-state index < -0.39 is 5.60 Å². The fourth-order valence-corrected chi connectivity index (χ4v) is 2.84. The summed E-state index contributed by atoms with van der Waals surface area (Å²) in [6.45, 7) is 6.04. The number of hydrogen-bond donors (Lipinski definition) is 1. The Hall–Kier alpha value is -1.13. The van der Waals surface area contributed by atoms with E-state index in [-0.39, 0.29) is 11.6 Å². The van der Waals surface area contributed by atoms with E-state index in [0.717, 1.165) is 13.1 Å². The van der Waals surface area contributed by atoms with Crippen molar-refractivity contribution in [3.8, 4) is 5.75 Å². The van der Waals surface area contributed by atoms with Crippen LogP contribution in [0, 0.1) is 5.82 Å². The molecule has 1 heterocycles. The Bertz CT molecular complexity index is 454. The summed E-state index contributed by atoms with van der Waals surface area (Å²) >= 11 is 0. The van der Waals surface area contributed by atoms with Crippen molar-refractivity contribution in [2.24, 2.45) is 0 Å². The Kier molecular flexibility index (Phi) is 4.66. The molecule has 1 aromatic rings. The quantitative estimate of drug-likeness (QED) is 0.921. The number of benzene rings is 1. The summed E-state index contributed by atoms with van der Waals surface area (Å²) in [6.07, 6.45) is 1.71. The highest BCUT2D eigenvalue weighted by molar-refractivity contribution is 5.32. The molecule has 20 heavy (non-hydrogen) atoms. The van der Waals surface area contributed by atoms with E-state index in [9.17, 15) is 9.50 Å². The highest BCUT2D eigenvalue weighted by atomic mass is 19.1. The number of halogens is 1. The van der Waals surface area contributed by atoms with Gasteiger partial charge in [-0.1, -0.05) is 12.1 Å². The highest BCUT2D eigenvalue weighted by Gasteiger charge is 2.34. The number of piperidine rings is 1. The predicted octanol–water partition coefficient (Wildman–Crippen LogP) is 2.61. The Morgan fingerprint density at radius 2 is 2.00 bits per heavy atom. The van der Waals surface area contributed by atoms with Gasteiger partial charge in [-0.05, 0) is 38.3 Å². The molecule has 0 amide bonds. The number of likely N-dealkylation sites (tertiary alicyclic amines) is 1. The zero-order chi connectivity index (χ0) is 14.8. The lowest BCUT2D eigenvalue weighted by Crippen LogP contribution is -2.47. The number of aliphatic hydroxyl groups is 1. The first-order chi connectivity index (χ1) is 9.45. The Balaban J connectivity index is 2.07. The first kappa shape index (κ1) is 15.3. The first-order valence-corrected chi connectivity index (χ1v) is 7.23. The van der Waals surface area contributed by atoms with Gasteiger partial charge in [0.25, 0.3) is 0 Å². The standard InChI is InChI=1S/C16H24FNO2/c1-12(2)18-9-7-16(19,8-10-18)11-13-5-4-6-14(20-3)15(13)17/h4-6,12,19H,7-11H2,1-3H3.